The lowest BCUT2D eigenvalue weighted by Crippen LogP contribution is -2.52. The van der Waals surface area contributed by atoms with E-state index in [2.05, 4.69) is 51.6 Å². The van der Waals surface area contributed by atoms with E-state index >= 15 is 0 Å². The number of aliphatic hydroxyl groups is 1. The van der Waals surface area contributed by atoms with E-state index < -0.39 is 0 Å². The molecular formula is C23H32N2O2S. The van der Waals surface area contributed by atoms with Crippen molar-refractivity contribution < 1.29 is 9.84 Å². The molecule has 2 fully saturated rings. The Morgan fingerprint density at radius 2 is 1.96 bits per heavy atom. The highest BCUT2D eigenvalue weighted by Crippen LogP contribution is 2.26. The number of hydrogen-bond acceptors (Lipinski definition) is 5. The minimum atomic E-state index is 0.254. The van der Waals surface area contributed by atoms with Gasteiger partial charge in [0.2, 0.25) is 0 Å². The molecule has 28 heavy (non-hydrogen) atoms. The Bertz CT molecular complexity index is 715. The Morgan fingerprint density at radius 3 is 2.75 bits per heavy atom. The zero-order chi connectivity index (χ0) is 19.2. The molecule has 4 rings (SSSR count). The third-order valence-electron chi connectivity index (χ3n) is 6.00. The highest BCUT2D eigenvalue weighted by molar-refractivity contribution is 7.09. The maximum Gasteiger partial charge on any atom is 0.120 e. The predicted molar refractivity (Wildman–Crippen MR) is 115 cm³/mol. The average molecular weight is 401 g/mol. The Morgan fingerprint density at radius 1 is 1.07 bits per heavy atom. The summed E-state index contributed by atoms with van der Waals surface area (Å²) in [6, 6.07) is 13.4. The molecule has 1 aromatic carbocycles. The quantitative estimate of drug-likeness (QED) is 0.722. The lowest BCUT2D eigenvalue weighted by Gasteiger charge is -2.41. The van der Waals surface area contributed by atoms with Crippen molar-refractivity contribution in [1.82, 2.24) is 9.80 Å². The van der Waals surface area contributed by atoms with E-state index in [1.165, 1.54) is 36.1 Å². The number of rotatable bonds is 8. The van der Waals surface area contributed by atoms with Crippen LogP contribution in [0.25, 0.3) is 0 Å². The van der Waals surface area contributed by atoms with E-state index in [-0.39, 0.29) is 6.61 Å². The van der Waals surface area contributed by atoms with Crippen LogP contribution in [-0.2, 0) is 13.1 Å². The summed E-state index contributed by atoms with van der Waals surface area (Å²) in [6.45, 7) is 5.35. The van der Waals surface area contributed by atoms with Crippen LogP contribution in [0.15, 0.2) is 41.8 Å². The molecule has 1 aliphatic carbocycles. The van der Waals surface area contributed by atoms with Gasteiger partial charge < -0.3 is 9.84 Å². The molecule has 1 N–H and O–H groups in total. The van der Waals surface area contributed by atoms with Crippen LogP contribution >= 0.6 is 11.3 Å². The fraction of sp³-hybridized carbons (Fsp3) is 0.565. The molecule has 2 heterocycles. The summed E-state index contributed by atoms with van der Waals surface area (Å²) >= 11 is 1.82. The summed E-state index contributed by atoms with van der Waals surface area (Å²) in [7, 11) is 0. The molecule has 0 unspecified atom stereocenters. The van der Waals surface area contributed by atoms with Crippen molar-refractivity contribution in [1.29, 1.82) is 0 Å². The van der Waals surface area contributed by atoms with E-state index in [0.717, 1.165) is 44.9 Å². The van der Waals surface area contributed by atoms with Crippen molar-refractivity contribution in [3.8, 4) is 5.75 Å². The van der Waals surface area contributed by atoms with Gasteiger partial charge in [0.05, 0.1) is 6.10 Å². The summed E-state index contributed by atoms with van der Waals surface area (Å²) in [5, 5.41) is 11.7. The zero-order valence-electron chi connectivity index (χ0n) is 16.6. The minimum absolute atomic E-state index is 0.254. The van der Waals surface area contributed by atoms with Crippen LogP contribution in [0.4, 0.5) is 0 Å². The number of thiophene rings is 1. The first-order valence-corrected chi connectivity index (χ1v) is 11.5. The lowest BCUT2D eigenvalue weighted by atomic mass is 10.1. The second-order valence-corrected chi connectivity index (χ2v) is 9.16. The van der Waals surface area contributed by atoms with Crippen molar-refractivity contribution in [3.63, 3.8) is 0 Å². The lowest BCUT2D eigenvalue weighted by molar-refractivity contribution is 0.0506. The van der Waals surface area contributed by atoms with E-state index in [1.807, 2.05) is 11.3 Å². The summed E-state index contributed by atoms with van der Waals surface area (Å²) in [6.07, 6.45) is 6.23. The first-order chi connectivity index (χ1) is 13.8. The molecule has 0 radical (unpaired) electrons. The normalized spacial score (nSPS) is 22.0. The molecule has 1 aromatic heterocycles. The second-order valence-electron chi connectivity index (χ2n) is 8.12. The van der Waals surface area contributed by atoms with Gasteiger partial charge in [-0.1, -0.05) is 18.2 Å². The van der Waals surface area contributed by atoms with Gasteiger partial charge in [-0.15, -0.1) is 11.3 Å². The SMILES string of the molecule is OCC[C@@H]1CN(Cc2cccc(OC3CCCC3)c2)CCN1Cc1cccs1. The van der Waals surface area contributed by atoms with Gasteiger partial charge >= 0.3 is 0 Å². The van der Waals surface area contributed by atoms with Crippen LogP contribution in [0.2, 0.25) is 0 Å². The Hall–Kier alpha value is -1.40. The summed E-state index contributed by atoms with van der Waals surface area (Å²) in [5.74, 6) is 1.02. The molecule has 152 valence electrons. The minimum Gasteiger partial charge on any atom is -0.490 e. The van der Waals surface area contributed by atoms with Crippen molar-refractivity contribution in [2.24, 2.45) is 0 Å². The number of aliphatic hydroxyl groups excluding tert-OH is 1. The molecule has 0 spiro atoms. The van der Waals surface area contributed by atoms with Gasteiger partial charge in [-0.05, 0) is 61.2 Å². The second kappa shape index (κ2) is 9.88. The number of benzene rings is 1. The third kappa shape index (κ3) is 5.35. The van der Waals surface area contributed by atoms with Crippen LogP contribution in [-0.4, -0.2) is 53.3 Å². The van der Waals surface area contributed by atoms with Gasteiger partial charge in [0.1, 0.15) is 5.75 Å². The maximum atomic E-state index is 9.55. The fourth-order valence-corrected chi connectivity index (χ4v) is 5.24. The summed E-state index contributed by atoms with van der Waals surface area (Å²) in [4.78, 5) is 6.48. The van der Waals surface area contributed by atoms with Crippen molar-refractivity contribution in [3.05, 3.63) is 52.2 Å². The van der Waals surface area contributed by atoms with Crippen LogP contribution in [0.1, 0.15) is 42.5 Å². The van der Waals surface area contributed by atoms with Crippen molar-refractivity contribution in [2.45, 2.75) is 57.3 Å². The molecule has 2 aliphatic rings. The highest BCUT2D eigenvalue weighted by Gasteiger charge is 2.27. The van der Waals surface area contributed by atoms with E-state index in [9.17, 15) is 5.11 Å². The largest absolute Gasteiger partial charge is 0.490 e. The number of hydrogen-bond donors (Lipinski definition) is 1. The number of nitrogens with zero attached hydrogens (tertiary/aromatic N) is 2. The monoisotopic (exact) mass is 400 g/mol. The highest BCUT2D eigenvalue weighted by atomic mass is 32.1. The molecule has 0 bridgehead atoms. The molecule has 0 amide bonds. The summed E-state index contributed by atoms with van der Waals surface area (Å²) < 4.78 is 6.18. The fourth-order valence-electron chi connectivity index (χ4n) is 4.51. The molecule has 4 nitrogen and oxygen atoms in total. The molecule has 1 atom stereocenters. The van der Waals surface area contributed by atoms with E-state index in [1.54, 1.807) is 0 Å². The van der Waals surface area contributed by atoms with E-state index in [0.29, 0.717) is 12.1 Å². The van der Waals surface area contributed by atoms with Gasteiger partial charge in [-0.25, -0.2) is 0 Å². The van der Waals surface area contributed by atoms with Crippen molar-refractivity contribution in [2.75, 3.05) is 26.2 Å². The zero-order valence-corrected chi connectivity index (χ0v) is 17.4. The molecule has 1 saturated heterocycles. The molecule has 1 saturated carbocycles. The van der Waals surface area contributed by atoms with Crippen LogP contribution < -0.4 is 4.74 Å². The summed E-state index contributed by atoms with van der Waals surface area (Å²) in [5.41, 5.74) is 1.32. The Kier molecular flexibility index (Phi) is 7.02. The molecule has 1 aliphatic heterocycles. The predicted octanol–water partition coefficient (Wildman–Crippen LogP) is 4.14. The average Bonchev–Trinajstić information content (AvgIpc) is 3.39. The first-order valence-electron chi connectivity index (χ1n) is 10.7. The topological polar surface area (TPSA) is 35.9 Å². The van der Waals surface area contributed by atoms with Gasteiger partial charge in [-0.2, -0.15) is 0 Å². The van der Waals surface area contributed by atoms with Crippen LogP contribution in [0, 0.1) is 0 Å². The Labute approximate surface area is 172 Å². The van der Waals surface area contributed by atoms with Gasteiger partial charge in [-0.3, -0.25) is 9.80 Å². The van der Waals surface area contributed by atoms with Gasteiger partial charge in [0.15, 0.2) is 0 Å². The van der Waals surface area contributed by atoms with Crippen LogP contribution in [0.3, 0.4) is 0 Å². The Balaban J connectivity index is 1.34. The van der Waals surface area contributed by atoms with Gasteiger partial charge in [0.25, 0.3) is 0 Å². The van der Waals surface area contributed by atoms with Crippen molar-refractivity contribution >= 4 is 11.3 Å². The van der Waals surface area contributed by atoms with Gasteiger partial charge in [0, 0.05) is 50.2 Å². The third-order valence-corrected chi connectivity index (χ3v) is 6.86. The number of piperazine rings is 1. The maximum absolute atomic E-state index is 9.55. The first kappa shape index (κ1) is 19.9. The molecule has 2 aromatic rings. The standard InChI is InChI=1S/C23H32N2O2S/c26-13-10-20-17-24(11-12-25(20)18-23-9-4-14-28-23)16-19-5-3-8-22(15-19)27-21-6-1-2-7-21/h3-5,8-9,14-15,20-21,26H,1-2,6-7,10-13,16-18H2/t20-/m1/s1. The van der Waals surface area contributed by atoms with Crippen LogP contribution in [0.5, 0.6) is 5.75 Å². The number of ether oxygens (including phenoxy) is 1. The molecular weight excluding hydrogens is 368 g/mol. The molecule has 5 heteroatoms. The van der Waals surface area contributed by atoms with E-state index in [4.69, 9.17) is 4.74 Å². The smallest absolute Gasteiger partial charge is 0.120 e.